The van der Waals surface area contributed by atoms with Crippen molar-refractivity contribution in [3.63, 3.8) is 0 Å². The molecule has 2 atom stereocenters. The third kappa shape index (κ3) is 2.53. The number of hydrogen-bond acceptors (Lipinski definition) is 2. The minimum Gasteiger partial charge on any atom is -0.493 e. The molecule has 1 saturated heterocycles. The van der Waals surface area contributed by atoms with Gasteiger partial charge in [0.05, 0.1) is 13.2 Å². The number of rotatable bonds is 3. The number of hydrogen-bond donors (Lipinski definition) is 0. The van der Waals surface area contributed by atoms with E-state index in [1.54, 1.807) is 0 Å². The summed E-state index contributed by atoms with van der Waals surface area (Å²) in [5.74, 6) is 2.89. The van der Waals surface area contributed by atoms with Crippen molar-refractivity contribution in [2.24, 2.45) is 11.8 Å². The SMILES string of the molecule is [C-]#[N+]c1ccc2c(c1)[C@@H]1CN(CCC(C)C)C[C@H]1CO2. The molecule has 0 spiro atoms. The molecule has 20 heavy (non-hydrogen) atoms. The molecule has 3 heteroatoms. The van der Waals surface area contributed by atoms with E-state index >= 15 is 0 Å². The van der Waals surface area contributed by atoms with Gasteiger partial charge >= 0.3 is 0 Å². The van der Waals surface area contributed by atoms with E-state index in [1.165, 1.54) is 18.5 Å². The van der Waals surface area contributed by atoms with Gasteiger partial charge in [0.2, 0.25) is 0 Å². The number of likely N-dealkylation sites (tertiary alicyclic amines) is 1. The van der Waals surface area contributed by atoms with Crippen LogP contribution in [0.4, 0.5) is 5.69 Å². The maximum atomic E-state index is 7.18. The first kappa shape index (κ1) is 13.5. The summed E-state index contributed by atoms with van der Waals surface area (Å²) < 4.78 is 5.88. The molecule has 106 valence electrons. The van der Waals surface area contributed by atoms with Crippen LogP contribution in [0.3, 0.4) is 0 Å². The van der Waals surface area contributed by atoms with E-state index in [2.05, 4.69) is 23.6 Å². The van der Waals surface area contributed by atoms with Gasteiger partial charge in [0.15, 0.2) is 5.69 Å². The van der Waals surface area contributed by atoms with Gasteiger partial charge in [0.25, 0.3) is 0 Å². The van der Waals surface area contributed by atoms with E-state index in [1.807, 2.05) is 18.2 Å². The first-order chi connectivity index (χ1) is 9.67. The molecule has 0 N–H and O–H groups in total. The summed E-state index contributed by atoms with van der Waals surface area (Å²) in [6, 6.07) is 5.86. The number of fused-ring (bicyclic) bond motifs is 3. The van der Waals surface area contributed by atoms with Gasteiger partial charge < -0.3 is 9.64 Å². The van der Waals surface area contributed by atoms with Crippen LogP contribution in [0.5, 0.6) is 5.75 Å². The summed E-state index contributed by atoms with van der Waals surface area (Å²) >= 11 is 0. The average molecular weight is 270 g/mol. The molecule has 1 aromatic rings. The molecule has 3 nitrogen and oxygen atoms in total. The van der Waals surface area contributed by atoms with Crippen LogP contribution >= 0.6 is 0 Å². The van der Waals surface area contributed by atoms with Crippen LogP contribution in [0.1, 0.15) is 31.7 Å². The fourth-order valence-electron chi connectivity index (χ4n) is 3.33. The summed E-state index contributed by atoms with van der Waals surface area (Å²) in [4.78, 5) is 6.12. The van der Waals surface area contributed by atoms with Crippen molar-refractivity contribution in [3.05, 3.63) is 35.2 Å². The van der Waals surface area contributed by atoms with E-state index in [4.69, 9.17) is 11.3 Å². The van der Waals surface area contributed by atoms with Crippen molar-refractivity contribution in [2.45, 2.75) is 26.2 Å². The fraction of sp³-hybridized carbons (Fsp3) is 0.588. The minimum absolute atomic E-state index is 0.549. The van der Waals surface area contributed by atoms with E-state index in [0.29, 0.717) is 11.8 Å². The number of nitrogens with zero attached hydrogens (tertiary/aromatic N) is 2. The Morgan fingerprint density at radius 1 is 1.40 bits per heavy atom. The second-order valence-electron chi connectivity index (χ2n) is 6.45. The van der Waals surface area contributed by atoms with Gasteiger partial charge in [0, 0.05) is 24.9 Å². The van der Waals surface area contributed by atoms with Crippen molar-refractivity contribution < 1.29 is 4.74 Å². The summed E-state index contributed by atoms with van der Waals surface area (Å²) in [5.41, 5.74) is 1.98. The van der Waals surface area contributed by atoms with Crippen LogP contribution in [0.25, 0.3) is 4.85 Å². The van der Waals surface area contributed by atoms with Crippen LogP contribution in [-0.2, 0) is 0 Å². The van der Waals surface area contributed by atoms with Crippen molar-refractivity contribution in [3.8, 4) is 5.75 Å². The Kier molecular flexibility index (Phi) is 3.67. The molecule has 1 fully saturated rings. The Bertz CT molecular complexity index is 532. The molecule has 0 bridgehead atoms. The molecule has 0 unspecified atom stereocenters. The molecular formula is C17H22N2O. The van der Waals surface area contributed by atoms with Crippen LogP contribution < -0.4 is 4.74 Å². The molecule has 0 amide bonds. The van der Waals surface area contributed by atoms with E-state index in [9.17, 15) is 0 Å². The highest BCUT2D eigenvalue weighted by molar-refractivity contribution is 5.54. The van der Waals surface area contributed by atoms with E-state index in [0.717, 1.165) is 37.1 Å². The molecule has 1 aromatic carbocycles. The highest BCUT2D eigenvalue weighted by atomic mass is 16.5. The molecule has 3 rings (SSSR count). The Morgan fingerprint density at radius 2 is 2.25 bits per heavy atom. The average Bonchev–Trinajstić information content (AvgIpc) is 2.88. The molecule has 0 aromatic heterocycles. The second-order valence-corrected chi connectivity index (χ2v) is 6.45. The van der Waals surface area contributed by atoms with E-state index in [-0.39, 0.29) is 0 Å². The maximum Gasteiger partial charge on any atom is 0.187 e. The van der Waals surface area contributed by atoms with Gasteiger partial charge in [-0.05, 0) is 36.6 Å². The van der Waals surface area contributed by atoms with Gasteiger partial charge in [-0.2, -0.15) is 0 Å². The van der Waals surface area contributed by atoms with Crippen molar-refractivity contribution in [1.82, 2.24) is 4.90 Å². The lowest BCUT2D eigenvalue weighted by Crippen LogP contribution is -2.25. The van der Waals surface area contributed by atoms with Crippen molar-refractivity contribution in [1.29, 1.82) is 0 Å². The lowest BCUT2D eigenvalue weighted by Gasteiger charge is -2.28. The van der Waals surface area contributed by atoms with Crippen molar-refractivity contribution >= 4 is 5.69 Å². The Balaban J connectivity index is 1.77. The smallest absolute Gasteiger partial charge is 0.187 e. The third-order valence-corrected chi connectivity index (χ3v) is 4.51. The van der Waals surface area contributed by atoms with Gasteiger partial charge in [-0.15, -0.1) is 0 Å². The molecule has 0 saturated carbocycles. The molecular weight excluding hydrogens is 248 g/mol. The Labute approximate surface area is 121 Å². The molecule has 2 aliphatic rings. The normalized spacial score (nSPS) is 24.9. The summed E-state index contributed by atoms with van der Waals surface area (Å²) in [7, 11) is 0. The van der Waals surface area contributed by atoms with Gasteiger partial charge in [-0.3, -0.25) is 0 Å². The Hall–Kier alpha value is -1.53. The summed E-state index contributed by atoms with van der Waals surface area (Å²) in [5, 5.41) is 0. The summed E-state index contributed by atoms with van der Waals surface area (Å²) in [6.45, 7) is 16.0. The quantitative estimate of drug-likeness (QED) is 0.779. The van der Waals surface area contributed by atoms with Crippen LogP contribution in [-0.4, -0.2) is 31.1 Å². The van der Waals surface area contributed by atoms with Crippen molar-refractivity contribution in [2.75, 3.05) is 26.2 Å². The zero-order chi connectivity index (χ0) is 14.1. The lowest BCUT2D eigenvalue weighted by atomic mass is 9.87. The zero-order valence-corrected chi connectivity index (χ0v) is 12.3. The molecule has 0 aliphatic carbocycles. The highest BCUT2D eigenvalue weighted by Gasteiger charge is 2.38. The van der Waals surface area contributed by atoms with Gasteiger partial charge in [0.1, 0.15) is 5.75 Å². The first-order valence-electron chi connectivity index (χ1n) is 7.54. The van der Waals surface area contributed by atoms with Gasteiger partial charge in [-0.25, -0.2) is 4.85 Å². The topological polar surface area (TPSA) is 16.8 Å². The highest BCUT2D eigenvalue weighted by Crippen LogP contribution is 2.43. The van der Waals surface area contributed by atoms with E-state index < -0.39 is 0 Å². The van der Waals surface area contributed by atoms with Gasteiger partial charge in [-0.1, -0.05) is 19.9 Å². The summed E-state index contributed by atoms with van der Waals surface area (Å²) in [6.07, 6.45) is 1.26. The van der Waals surface area contributed by atoms with Crippen LogP contribution in [0.15, 0.2) is 18.2 Å². The number of benzene rings is 1. The predicted octanol–water partition coefficient (Wildman–Crippen LogP) is 3.69. The molecule has 2 aliphatic heterocycles. The Morgan fingerprint density at radius 3 is 3.00 bits per heavy atom. The van der Waals surface area contributed by atoms with Crippen LogP contribution in [0, 0.1) is 18.4 Å². The zero-order valence-electron chi connectivity index (χ0n) is 12.3. The standard InChI is InChI=1S/C17H22N2O/c1-12(2)6-7-19-9-13-11-20-17-5-4-14(18-3)8-15(17)16(13)10-19/h4-5,8,12-13,16H,6-7,9-11H2,1-2H3/t13-,16+/m0/s1. The first-order valence-corrected chi connectivity index (χ1v) is 7.54. The molecule has 0 radical (unpaired) electrons. The maximum absolute atomic E-state index is 7.18. The second kappa shape index (κ2) is 5.46. The fourth-order valence-corrected chi connectivity index (χ4v) is 3.33. The predicted molar refractivity (Wildman–Crippen MR) is 80.3 cm³/mol. The minimum atomic E-state index is 0.549. The largest absolute Gasteiger partial charge is 0.493 e. The third-order valence-electron chi connectivity index (χ3n) is 4.51. The number of ether oxygens (including phenoxy) is 1. The lowest BCUT2D eigenvalue weighted by molar-refractivity contribution is 0.212. The molecule has 2 heterocycles. The monoisotopic (exact) mass is 270 g/mol. The van der Waals surface area contributed by atoms with Crippen LogP contribution in [0.2, 0.25) is 0 Å².